The molecule has 0 aliphatic carbocycles. The van der Waals surface area contributed by atoms with Crippen LogP contribution in [0.5, 0.6) is 5.75 Å². The summed E-state index contributed by atoms with van der Waals surface area (Å²) in [7, 11) is 3.89. The van der Waals surface area contributed by atoms with Gasteiger partial charge in [-0.15, -0.1) is 0 Å². The quantitative estimate of drug-likeness (QED) is 0.784. The minimum Gasteiger partial charge on any atom is -0.493 e. The topological polar surface area (TPSA) is 47.4 Å². The maximum atomic E-state index is 12.4. The Morgan fingerprint density at radius 3 is 3.10 bits per heavy atom. The van der Waals surface area contributed by atoms with Crippen LogP contribution in [0.25, 0.3) is 0 Å². The molecule has 110 valence electrons. The van der Waals surface area contributed by atoms with Gasteiger partial charge in [0.1, 0.15) is 11.6 Å². The number of rotatable bonds is 5. The van der Waals surface area contributed by atoms with Gasteiger partial charge in [0.25, 0.3) is 0 Å². The highest BCUT2D eigenvalue weighted by Crippen LogP contribution is 2.26. The third-order valence-electron chi connectivity index (χ3n) is 3.76. The predicted molar refractivity (Wildman–Crippen MR) is 79.5 cm³/mol. The number of carbonyl (C=O) groups is 1. The van der Waals surface area contributed by atoms with Gasteiger partial charge in [-0.2, -0.15) is 0 Å². The number of aryl methyl sites for hydroxylation is 1. The molecule has 1 aromatic carbocycles. The number of ketones is 1. The molecule has 2 aromatic rings. The van der Waals surface area contributed by atoms with Crippen molar-refractivity contribution >= 4 is 5.78 Å². The molecule has 5 heteroatoms. The Bertz CT molecular complexity index is 663. The summed E-state index contributed by atoms with van der Waals surface area (Å²) in [6.45, 7) is 1.75. The van der Waals surface area contributed by atoms with Crippen LogP contribution in [-0.2, 0) is 20.0 Å². The first-order valence-corrected chi connectivity index (χ1v) is 7.07. The maximum Gasteiger partial charge on any atom is 0.176 e. The highest BCUT2D eigenvalue weighted by atomic mass is 16.5. The number of hydrogen-bond acceptors (Lipinski definition) is 4. The van der Waals surface area contributed by atoms with Crippen molar-refractivity contribution in [1.29, 1.82) is 0 Å². The van der Waals surface area contributed by atoms with Crippen LogP contribution in [0.1, 0.15) is 21.7 Å². The molecule has 3 rings (SSSR count). The molecule has 0 N–H and O–H groups in total. The number of fused-ring (bicyclic) bond motifs is 1. The highest BCUT2D eigenvalue weighted by molar-refractivity contribution is 5.98. The molecule has 2 heterocycles. The van der Waals surface area contributed by atoms with Gasteiger partial charge in [-0.1, -0.05) is 0 Å². The second-order valence-electron chi connectivity index (χ2n) is 5.47. The fourth-order valence-corrected chi connectivity index (χ4v) is 2.54. The Kier molecular flexibility index (Phi) is 3.75. The van der Waals surface area contributed by atoms with Crippen molar-refractivity contribution in [3.8, 4) is 5.75 Å². The molecule has 0 atom stereocenters. The SMILES string of the molecule is CN(CC(=O)c1ccc2c(c1)CCO2)Cc1nccn1C. The minimum atomic E-state index is 0.126. The summed E-state index contributed by atoms with van der Waals surface area (Å²) in [5.74, 6) is 1.99. The van der Waals surface area contributed by atoms with Crippen molar-refractivity contribution in [3.05, 3.63) is 47.5 Å². The average Bonchev–Trinajstić information content (AvgIpc) is 3.07. The molecule has 1 aromatic heterocycles. The zero-order chi connectivity index (χ0) is 14.8. The molecule has 0 bridgehead atoms. The lowest BCUT2D eigenvalue weighted by Crippen LogP contribution is -2.26. The third kappa shape index (κ3) is 2.97. The molecule has 0 radical (unpaired) electrons. The Balaban J connectivity index is 1.64. The van der Waals surface area contributed by atoms with Gasteiger partial charge in [-0.3, -0.25) is 9.69 Å². The molecule has 1 aliphatic rings. The van der Waals surface area contributed by atoms with E-state index < -0.39 is 0 Å². The number of nitrogens with zero attached hydrogens (tertiary/aromatic N) is 3. The van der Waals surface area contributed by atoms with Gasteiger partial charge < -0.3 is 9.30 Å². The molecule has 21 heavy (non-hydrogen) atoms. The summed E-state index contributed by atoms with van der Waals surface area (Å²) in [6, 6.07) is 5.70. The summed E-state index contributed by atoms with van der Waals surface area (Å²) in [4.78, 5) is 18.6. The monoisotopic (exact) mass is 285 g/mol. The predicted octanol–water partition coefficient (Wildman–Crippen LogP) is 1.67. The smallest absolute Gasteiger partial charge is 0.176 e. The molecule has 0 fully saturated rings. The van der Waals surface area contributed by atoms with Gasteiger partial charge in [0.05, 0.1) is 19.7 Å². The highest BCUT2D eigenvalue weighted by Gasteiger charge is 2.16. The van der Waals surface area contributed by atoms with Gasteiger partial charge in [0.15, 0.2) is 5.78 Å². The summed E-state index contributed by atoms with van der Waals surface area (Å²) in [5, 5.41) is 0. The Morgan fingerprint density at radius 1 is 1.48 bits per heavy atom. The van der Waals surface area contributed by atoms with Crippen molar-refractivity contribution in [3.63, 3.8) is 0 Å². The van der Waals surface area contributed by atoms with E-state index in [0.29, 0.717) is 19.7 Å². The largest absolute Gasteiger partial charge is 0.493 e. The molecule has 0 amide bonds. The van der Waals surface area contributed by atoms with E-state index in [1.54, 1.807) is 6.20 Å². The second-order valence-corrected chi connectivity index (χ2v) is 5.47. The fraction of sp³-hybridized carbons (Fsp3) is 0.375. The number of imidazole rings is 1. The van der Waals surface area contributed by atoms with E-state index in [4.69, 9.17) is 4.74 Å². The first kappa shape index (κ1) is 13.8. The number of hydrogen-bond donors (Lipinski definition) is 0. The summed E-state index contributed by atoms with van der Waals surface area (Å²) in [6.07, 6.45) is 4.57. The summed E-state index contributed by atoms with van der Waals surface area (Å²) in [5.41, 5.74) is 1.89. The maximum absolute atomic E-state index is 12.4. The van der Waals surface area contributed by atoms with Crippen LogP contribution < -0.4 is 4.74 Å². The number of likely N-dealkylation sites (N-methyl/N-ethyl adjacent to an activating group) is 1. The Labute approximate surface area is 124 Å². The standard InChI is InChI=1S/C16H19N3O2/c1-18(11-16-17-6-7-19(16)2)10-14(20)12-3-4-15-13(9-12)5-8-21-15/h3-4,6-7,9H,5,8,10-11H2,1-2H3. The molecular formula is C16H19N3O2. The molecule has 5 nitrogen and oxygen atoms in total. The molecule has 0 spiro atoms. The van der Waals surface area contributed by atoms with E-state index in [1.807, 2.05) is 48.0 Å². The van der Waals surface area contributed by atoms with Crippen LogP contribution in [0.15, 0.2) is 30.6 Å². The molecule has 1 aliphatic heterocycles. The van der Waals surface area contributed by atoms with E-state index >= 15 is 0 Å². The zero-order valence-electron chi connectivity index (χ0n) is 12.4. The van der Waals surface area contributed by atoms with Gasteiger partial charge in [0, 0.05) is 31.4 Å². The van der Waals surface area contributed by atoms with Crippen LogP contribution >= 0.6 is 0 Å². The average molecular weight is 285 g/mol. The van der Waals surface area contributed by atoms with E-state index in [-0.39, 0.29) is 5.78 Å². The van der Waals surface area contributed by atoms with E-state index in [9.17, 15) is 4.79 Å². The van der Waals surface area contributed by atoms with Crippen molar-refractivity contribution < 1.29 is 9.53 Å². The van der Waals surface area contributed by atoms with E-state index in [2.05, 4.69) is 4.98 Å². The lowest BCUT2D eigenvalue weighted by molar-refractivity contribution is 0.0941. The fourth-order valence-electron chi connectivity index (χ4n) is 2.54. The lowest BCUT2D eigenvalue weighted by Gasteiger charge is -2.15. The molecular weight excluding hydrogens is 266 g/mol. The molecule has 0 saturated heterocycles. The number of Topliss-reactive ketones (excluding diaryl/α,β-unsaturated/α-hetero) is 1. The number of aromatic nitrogens is 2. The van der Waals surface area contributed by atoms with Crippen molar-refractivity contribution in [2.75, 3.05) is 20.2 Å². The van der Waals surface area contributed by atoms with Gasteiger partial charge in [-0.25, -0.2) is 4.98 Å². The number of benzene rings is 1. The summed E-state index contributed by atoms with van der Waals surface area (Å²) >= 11 is 0. The first-order valence-electron chi connectivity index (χ1n) is 7.07. The van der Waals surface area contributed by atoms with Gasteiger partial charge >= 0.3 is 0 Å². The second kappa shape index (κ2) is 5.69. The Hall–Kier alpha value is -2.14. The summed E-state index contributed by atoms with van der Waals surface area (Å²) < 4.78 is 7.43. The molecule has 0 saturated carbocycles. The number of ether oxygens (including phenoxy) is 1. The third-order valence-corrected chi connectivity index (χ3v) is 3.76. The molecule has 0 unspecified atom stereocenters. The van der Waals surface area contributed by atoms with Crippen LogP contribution in [0, 0.1) is 0 Å². The van der Waals surface area contributed by atoms with E-state index in [1.165, 1.54) is 0 Å². The van der Waals surface area contributed by atoms with Crippen molar-refractivity contribution in [2.45, 2.75) is 13.0 Å². The van der Waals surface area contributed by atoms with Crippen LogP contribution in [0.3, 0.4) is 0 Å². The van der Waals surface area contributed by atoms with Gasteiger partial charge in [0.2, 0.25) is 0 Å². The minimum absolute atomic E-state index is 0.126. The van der Waals surface area contributed by atoms with Crippen molar-refractivity contribution in [2.24, 2.45) is 7.05 Å². The first-order chi connectivity index (χ1) is 10.1. The Morgan fingerprint density at radius 2 is 2.33 bits per heavy atom. The van der Waals surface area contributed by atoms with E-state index in [0.717, 1.165) is 29.1 Å². The van der Waals surface area contributed by atoms with Crippen molar-refractivity contribution in [1.82, 2.24) is 14.5 Å². The number of carbonyl (C=O) groups excluding carboxylic acids is 1. The van der Waals surface area contributed by atoms with Crippen LogP contribution in [0.2, 0.25) is 0 Å². The van der Waals surface area contributed by atoms with Gasteiger partial charge in [-0.05, 0) is 30.8 Å². The van der Waals surface area contributed by atoms with Crippen LogP contribution in [-0.4, -0.2) is 40.4 Å². The lowest BCUT2D eigenvalue weighted by atomic mass is 10.1. The normalized spacial score (nSPS) is 13.3. The zero-order valence-corrected chi connectivity index (χ0v) is 12.4. The van der Waals surface area contributed by atoms with Crippen LogP contribution in [0.4, 0.5) is 0 Å².